The highest BCUT2D eigenvalue weighted by Gasteiger charge is 2.34. The molecule has 0 fully saturated rings. The lowest BCUT2D eigenvalue weighted by Crippen LogP contribution is -2.25. The fraction of sp³-hybridized carbons (Fsp3) is 0.319. The molecule has 5 heteroatoms. The van der Waals surface area contributed by atoms with Crippen LogP contribution in [0, 0.1) is 6.85 Å². The molecule has 7 aromatic carbocycles. The summed E-state index contributed by atoms with van der Waals surface area (Å²) in [5.41, 5.74) is 16.3. The molecule has 1 aliphatic rings. The molecule has 0 aliphatic carbocycles. The monoisotopic (exact) mass is 980 g/mol. The van der Waals surface area contributed by atoms with E-state index in [0.29, 0.717) is 29.5 Å². The number of hydrogen-bond acceptors (Lipinski definition) is 4. The van der Waals surface area contributed by atoms with Crippen molar-refractivity contribution in [2.75, 3.05) is 16.5 Å². The molecule has 0 amide bonds. The highest BCUT2D eigenvalue weighted by atomic mass is 16.5. The van der Waals surface area contributed by atoms with Gasteiger partial charge in [0.1, 0.15) is 24.0 Å². The van der Waals surface area contributed by atoms with Crippen LogP contribution in [0.4, 0.5) is 22.7 Å². The molecule has 9 aromatic rings. The van der Waals surface area contributed by atoms with E-state index in [0.717, 1.165) is 50.0 Å². The number of ether oxygens (including phenoxy) is 1. The van der Waals surface area contributed by atoms with Gasteiger partial charge in [-0.3, -0.25) is 4.57 Å². The predicted octanol–water partition coefficient (Wildman–Crippen LogP) is 19.3. The molecule has 0 N–H and O–H groups in total. The number of benzene rings is 7. The van der Waals surface area contributed by atoms with E-state index >= 15 is 0 Å². The van der Waals surface area contributed by atoms with Crippen LogP contribution in [0.1, 0.15) is 141 Å². The van der Waals surface area contributed by atoms with Crippen molar-refractivity contribution in [1.29, 1.82) is 0 Å². The fourth-order valence-corrected chi connectivity index (χ4v) is 10.6. The third-order valence-corrected chi connectivity index (χ3v) is 14.9. The summed E-state index contributed by atoms with van der Waals surface area (Å²) in [5.74, 6) is 2.00. The number of rotatable bonds is 7. The molecule has 0 bridgehead atoms. The van der Waals surface area contributed by atoms with Gasteiger partial charge in [-0.25, -0.2) is 4.98 Å². The molecule has 10 rings (SSSR count). The Labute approximate surface area is 446 Å². The van der Waals surface area contributed by atoms with Crippen molar-refractivity contribution in [3.8, 4) is 39.6 Å². The average molecular weight is 980 g/mol. The molecule has 378 valence electrons. The Hall–Kier alpha value is -7.11. The minimum absolute atomic E-state index is 0.0448. The van der Waals surface area contributed by atoms with Gasteiger partial charge < -0.3 is 14.5 Å². The summed E-state index contributed by atoms with van der Waals surface area (Å²) < 4.78 is 34.8. The maximum atomic E-state index is 8.47. The fourth-order valence-electron chi connectivity index (χ4n) is 10.6. The smallest absolute Gasteiger partial charge is 0.138 e. The first kappa shape index (κ1) is 46.7. The second-order valence-electron chi connectivity index (χ2n) is 25.8. The van der Waals surface area contributed by atoms with Crippen molar-refractivity contribution in [3.05, 3.63) is 191 Å². The molecule has 0 saturated carbocycles. The molecular formula is C69H76N4O. The molecule has 0 atom stereocenters. The van der Waals surface area contributed by atoms with Crippen LogP contribution in [0.3, 0.4) is 0 Å². The minimum atomic E-state index is -2.36. The molecule has 3 heterocycles. The van der Waals surface area contributed by atoms with Crippen molar-refractivity contribution < 1.29 is 8.85 Å². The third kappa shape index (κ3) is 9.51. The van der Waals surface area contributed by atoms with E-state index < -0.39 is 6.85 Å². The number of pyridine rings is 1. The molecule has 74 heavy (non-hydrogen) atoms. The summed E-state index contributed by atoms with van der Waals surface area (Å²) in [4.78, 5) is 9.82. The first-order valence-corrected chi connectivity index (χ1v) is 26.4. The number of anilines is 4. The highest BCUT2D eigenvalue weighted by Crippen LogP contribution is 2.50. The van der Waals surface area contributed by atoms with Gasteiger partial charge in [-0.05, 0) is 150 Å². The molecule has 0 saturated heterocycles. The largest absolute Gasteiger partial charge is 0.457 e. The van der Waals surface area contributed by atoms with Crippen molar-refractivity contribution in [2.45, 2.75) is 138 Å². The minimum Gasteiger partial charge on any atom is -0.457 e. The Balaban J connectivity index is 1.19. The predicted molar refractivity (Wildman–Crippen MR) is 316 cm³/mol. The molecular weight excluding hydrogens is 901 g/mol. The maximum absolute atomic E-state index is 8.47. The van der Waals surface area contributed by atoms with Crippen LogP contribution in [-0.4, -0.2) is 16.2 Å². The van der Waals surface area contributed by atoms with Crippen LogP contribution in [0.15, 0.2) is 158 Å². The summed E-state index contributed by atoms with van der Waals surface area (Å²) in [6.07, 6.45) is 1.52. The number of aryl methyl sites for hydroxylation is 1. The summed E-state index contributed by atoms with van der Waals surface area (Å²) in [6.45, 7) is 33.0. The zero-order valence-electron chi connectivity index (χ0n) is 49.4. The van der Waals surface area contributed by atoms with E-state index in [9.17, 15) is 0 Å². The van der Waals surface area contributed by atoms with Gasteiger partial charge in [-0.15, -0.1) is 0 Å². The average Bonchev–Trinajstić information content (AvgIpc) is 3.98. The molecule has 0 spiro atoms. The summed E-state index contributed by atoms with van der Waals surface area (Å²) >= 11 is 0. The van der Waals surface area contributed by atoms with Gasteiger partial charge in [-0.1, -0.05) is 183 Å². The molecule has 2 aromatic heterocycles. The van der Waals surface area contributed by atoms with E-state index in [1.807, 2.05) is 42.5 Å². The summed E-state index contributed by atoms with van der Waals surface area (Å²) in [5, 5.41) is 2.09. The molecule has 1 aliphatic heterocycles. The van der Waals surface area contributed by atoms with Crippen LogP contribution < -0.4 is 14.5 Å². The van der Waals surface area contributed by atoms with Gasteiger partial charge in [0, 0.05) is 44.6 Å². The first-order valence-electron chi connectivity index (χ1n) is 27.9. The van der Waals surface area contributed by atoms with E-state index in [1.54, 1.807) is 0 Å². The highest BCUT2D eigenvalue weighted by molar-refractivity contribution is 6.09. The van der Waals surface area contributed by atoms with Crippen LogP contribution in [-0.2, 0) is 27.1 Å². The van der Waals surface area contributed by atoms with Crippen LogP contribution in [0.2, 0.25) is 0 Å². The van der Waals surface area contributed by atoms with Crippen LogP contribution in [0.25, 0.3) is 49.9 Å². The van der Waals surface area contributed by atoms with Gasteiger partial charge in [0.2, 0.25) is 0 Å². The van der Waals surface area contributed by atoms with Crippen LogP contribution in [0.5, 0.6) is 11.5 Å². The summed E-state index contributed by atoms with van der Waals surface area (Å²) in [6, 6.07) is 53.9. The number of fused-ring (bicyclic) bond motifs is 4. The maximum Gasteiger partial charge on any atom is 0.138 e. The van der Waals surface area contributed by atoms with Crippen LogP contribution >= 0.6 is 0 Å². The lowest BCUT2D eigenvalue weighted by molar-refractivity contribution is 0.483. The van der Waals surface area contributed by atoms with E-state index in [-0.39, 0.29) is 32.6 Å². The van der Waals surface area contributed by atoms with Gasteiger partial charge in [0.25, 0.3) is 0 Å². The second-order valence-corrected chi connectivity index (χ2v) is 25.8. The van der Waals surface area contributed by atoms with E-state index in [1.165, 1.54) is 45.3 Å². The standard InChI is InChI=1S/C69H76N4O/c1-44-42-70-63(41-56(44)45-24-18-17-19-25-45)73-59-27-21-20-26-54(59)55-31-30-52(40-62(55)73)74-53-33-46(64-57(68(11,12)13)37-49(67(8,9)10)38-58(64)69(14,15)16)32-50(39-53)71-43-72(61-29-23-22-28-60(61)71)51-35-47(65(2,3)4)34-48(36-51)66(5,6)7/h17-42H,43H2,1-16H3/i1D3. The second kappa shape index (κ2) is 18.1. The molecule has 0 unspecified atom stereocenters. The van der Waals surface area contributed by atoms with Gasteiger partial charge in [-0.2, -0.15) is 0 Å². The molecule has 5 nitrogen and oxygen atoms in total. The number of nitrogens with zero attached hydrogens (tertiary/aromatic N) is 4. The van der Waals surface area contributed by atoms with Gasteiger partial charge >= 0.3 is 0 Å². The van der Waals surface area contributed by atoms with Crippen molar-refractivity contribution >= 4 is 44.6 Å². The lowest BCUT2D eigenvalue weighted by atomic mass is 9.71. The summed E-state index contributed by atoms with van der Waals surface area (Å²) in [7, 11) is 0. The number of aromatic nitrogens is 2. The van der Waals surface area contributed by atoms with Crippen molar-refractivity contribution in [2.24, 2.45) is 0 Å². The molecule has 0 radical (unpaired) electrons. The zero-order valence-corrected chi connectivity index (χ0v) is 46.4. The normalized spacial score (nSPS) is 14.3. The SMILES string of the molecule is [2H]C([2H])([2H])c1cnc(-n2c3ccccc3c3ccc(Oc4cc(-c5c(C(C)(C)C)cc(C(C)(C)C)cc5C(C)(C)C)cc(N5CN(c6cc(C(C)(C)C)cc(C(C)(C)C)c6)c6ccccc65)c4)cc32)cc1-c1ccccc1. The Bertz CT molecular complexity index is 3650. The van der Waals surface area contributed by atoms with Crippen molar-refractivity contribution in [1.82, 2.24) is 9.55 Å². The quantitative estimate of drug-likeness (QED) is 0.159. The number of para-hydroxylation sites is 3. The Kier molecular flexibility index (Phi) is 11.4. The van der Waals surface area contributed by atoms with E-state index in [2.05, 4.69) is 227 Å². The number of hydrogen-bond donors (Lipinski definition) is 0. The Morgan fingerprint density at radius 3 is 1.58 bits per heavy atom. The van der Waals surface area contributed by atoms with Gasteiger partial charge in [0.05, 0.1) is 22.4 Å². The zero-order chi connectivity index (χ0) is 55.4. The first-order chi connectivity index (χ1) is 35.9. The topological polar surface area (TPSA) is 33.5 Å². The Morgan fingerprint density at radius 2 is 1.00 bits per heavy atom. The van der Waals surface area contributed by atoms with Gasteiger partial charge in [0.15, 0.2) is 0 Å². The lowest BCUT2D eigenvalue weighted by Gasteiger charge is -2.34. The Morgan fingerprint density at radius 1 is 0.459 bits per heavy atom. The third-order valence-electron chi connectivity index (χ3n) is 14.9. The van der Waals surface area contributed by atoms with Crippen molar-refractivity contribution in [3.63, 3.8) is 0 Å². The van der Waals surface area contributed by atoms with E-state index in [4.69, 9.17) is 13.8 Å².